The highest BCUT2D eigenvalue weighted by Crippen LogP contribution is 2.30. The van der Waals surface area contributed by atoms with E-state index in [2.05, 4.69) is 28.2 Å². The number of rotatable bonds is 4. The van der Waals surface area contributed by atoms with Crippen LogP contribution in [-0.2, 0) is 12.8 Å². The first-order chi connectivity index (χ1) is 10.2. The molecule has 110 valence electrons. The molecule has 5 heteroatoms. The fourth-order valence-corrected chi connectivity index (χ4v) is 2.77. The zero-order valence-corrected chi connectivity index (χ0v) is 12.3. The lowest BCUT2D eigenvalue weighted by Gasteiger charge is -2.15. The standard InChI is InChI=1S/C16H19N3O2/c1-20-13-9-18-15(16(19-13)21-2)14(17)12-7-6-10-4-3-5-11(10)8-12/h6-9,14H,3-5,17H2,1-2H3. The van der Waals surface area contributed by atoms with Crippen LogP contribution >= 0.6 is 0 Å². The van der Waals surface area contributed by atoms with Gasteiger partial charge < -0.3 is 15.2 Å². The van der Waals surface area contributed by atoms with Gasteiger partial charge in [0.25, 0.3) is 0 Å². The molecule has 0 aliphatic heterocycles. The van der Waals surface area contributed by atoms with Gasteiger partial charge in [0.1, 0.15) is 5.69 Å². The maximum atomic E-state index is 6.35. The molecule has 5 nitrogen and oxygen atoms in total. The van der Waals surface area contributed by atoms with E-state index in [9.17, 15) is 0 Å². The Morgan fingerprint density at radius 2 is 1.95 bits per heavy atom. The van der Waals surface area contributed by atoms with E-state index in [-0.39, 0.29) is 6.04 Å². The van der Waals surface area contributed by atoms with Gasteiger partial charge in [0.05, 0.1) is 26.5 Å². The summed E-state index contributed by atoms with van der Waals surface area (Å²) in [5.41, 5.74) is 10.8. The summed E-state index contributed by atoms with van der Waals surface area (Å²) in [5.74, 6) is 0.819. The van der Waals surface area contributed by atoms with Crippen LogP contribution in [0.2, 0.25) is 0 Å². The van der Waals surface area contributed by atoms with Crippen molar-refractivity contribution in [3.8, 4) is 11.8 Å². The molecule has 21 heavy (non-hydrogen) atoms. The lowest BCUT2D eigenvalue weighted by Crippen LogP contribution is -2.16. The minimum absolute atomic E-state index is 0.357. The van der Waals surface area contributed by atoms with Crippen molar-refractivity contribution in [3.05, 3.63) is 46.8 Å². The number of aryl methyl sites for hydroxylation is 2. The fourth-order valence-electron chi connectivity index (χ4n) is 2.77. The molecule has 2 aromatic rings. The van der Waals surface area contributed by atoms with Crippen LogP contribution in [0.1, 0.15) is 34.8 Å². The molecule has 1 aromatic heterocycles. The van der Waals surface area contributed by atoms with E-state index in [0.717, 1.165) is 18.4 Å². The summed E-state index contributed by atoms with van der Waals surface area (Å²) >= 11 is 0. The summed E-state index contributed by atoms with van der Waals surface area (Å²) in [5, 5.41) is 0. The molecule has 1 aliphatic rings. The molecule has 2 N–H and O–H groups in total. The number of benzene rings is 1. The molecule has 3 rings (SSSR count). The van der Waals surface area contributed by atoms with Crippen molar-refractivity contribution in [2.75, 3.05) is 14.2 Å². The lowest BCUT2D eigenvalue weighted by molar-refractivity contribution is 0.355. The third kappa shape index (κ3) is 2.56. The second-order valence-corrected chi connectivity index (χ2v) is 5.17. The number of methoxy groups -OCH3 is 2. The minimum atomic E-state index is -0.357. The Morgan fingerprint density at radius 1 is 1.14 bits per heavy atom. The van der Waals surface area contributed by atoms with Crippen LogP contribution in [0.3, 0.4) is 0 Å². The predicted octanol–water partition coefficient (Wildman–Crippen LogP) is 2.03. The van der Waals surface area contributed by atoms with E-state index in [1.54, 1.807) is 20.4 Å². The van der Waals surface area contributed by atoms with Crippen molar-refractivity contribution >= 4 is 0 Å². The zero-order chi connectivity index (χ0) is 14.8. The van der Waals surface area contributed by atoms with E-state index in [4.69, 9.17) is 15.2 Å². The molecule has 0 bridgehead atoms. The summed E-state index contributed by atoms with van der Waals surface area (Å²) < 4.78 is 10.4. The van der Waals surface area contributed by atoms with E-state index in [1.807, 2.05) is 0 Å². The Bertz CT molecular complexity index is 658. The highest BCUT2D eigenvalue weighted by Gasteiger charge is 2.20. The van der Waals surface area contributed by atoms with Gasteiger partial charge in [-0.2, -0.15) is 4.98 Å². The van der Waals surface area contributed by atoms with Gasteiger partial charge in [0, 0.05) is 0 Å². The van der Waals surface area contributed by atoms with Crippen LogP contribution in [0, 0.1) is 0 Å². The topological polar surface area (TPSA) is 70.3 Å². The second-order valence-electron chi connectivity index (χ2n) is 5.17. The zero-order valence-electron chi connectivity index (χ0n) is 12.3. The summed E-state index contributed by atoms with van der Waals surface area (Å²) in [7, 11) is 3.10. The maximum Gasteiger partial charge on any atom is 0.240 e. The summed E-state index contributed by atoms with van der Waals surface area (Å²) in [6, 6.07) is 6.06. The average molecular weight is 285 g/mol. The third-order valence-corrected chi connectivity index (χ3v) is 3.92. The van der Waals surface area contributed by atoms with Crippen LogP contribution in [-0.4, -0.2) is 24.2 Å². The molecule has 1 aromatic carbocycles. The number of hydrogen-bond acceptors (Lipinski definition) is 5. The SMILES string of the molecule is COc1cnc(C(N)c2ccc3c(c2)CCC3)c(OC)n1. The number of fused-ring (bicyclic) bond motifs is 1. The van der Waals surface area contributed by atoms with Crippen LogP contribution in [0.4, 0.5) is 0 Å². The van der Waals surface area contributed by atoms with Gasteiger partial charge in [-0.1, -0.05) is 18.2 Å². The molecular formula is C16H19N3O2. The smallest absolute Gasteiger partial charge is 0.240 e. The van der Waals surface area contributed by atoms with Crippen molar-refractivity contribution in [1.29, 1.82) is 0 Å². The van der Waals surface area contributed by atoms with Crippen molar-refractivity contribution in [3.63, 3.8) is 0 Å². The van der Waals surface area contributed by atoms with E-state index < -0.39 is 0 Å². The molecule has 1 atom stereocenters. The molecule has 1 unspecified atom stereocenters. The molecule has 1 heterocycles. The first-order valence-electron chi connectivity index (χ1n) is 7.05. The Balaban J connectivity index is 1.96. The molecule has 0 amide bonds. The van der Waals surface area contributed by atoms with Crippen LogP contribution < -0.4 is 15.2 Å². The van der Waals surface area contributed by atoms with E-state index in [1.165, 1.54) is 17.5 Å². The van der Waals surface area contributed by atoms with Crippen molar-refractivity contribution in [2.45, 2.75) is 25.3 Å². The first kappa shape index (κ1) is 13.8. The Labute approximate surface area is 124 Å². The minimum Gasteiger partial charge on any atom is -0.480 e. The van der Waals surface area contributed by atoms with Gasteiger partial charge in [-0.25, -0.2) is 4.98 Å². The Hall–Kier alpha value is -2.14. The first-order valence-corrected chi connectivity index (χ1v) is 7.05. The Morgan fingerprint density at radius 3 is 2.71 bits per heavy atom. The molecule has 0 saturated heterocycles. The summed E-state index contributed by atoms with van der Waals surface area (Å²) in [6.07, 6.45) is 5.07. The van der Waals surface area contributed by atoms with Crippen LogP contribution in [0.25, 0.3) is 0 Å². The van der Waals surface area contributed by atoms with Gasteiger partial charge >= 0.3 is 0 Å². The highest BCUT2D eigenvalue weighted by atomic mass is 16.5. The van der Waals surface area contributed by atoms with E-state index >= 15 is 0 Å². The van der Waals surface area contributed by atoms with Gasteiger partial charge in [0.15, 0.2) is 0 Å². The molecule has 1 aliphatic carbocycles. The van der Waals surface area contributed by atoms with Crippen LogP contribution in [0.5, 0.6) is 11.8 Å². The average Bonchev–Trinajstić information content (AvgIpc) is 3.01. The van der Waals surface area contributed by atoms with Gasteiger partial charge in [-0.3, -0.25) is 0 Å². The third-order valence-electron chi connectivity index (χ3n) is 3.92. The largest absolute Gasteiger partial charge is 0.480 e. The molecule has 0 radical (unpaired) electrons. The van der Waals surface area contributed by atoms with Crippen molar-refractivity contribution in [2.24, 2.45) is 5.73 Å². The lowest BCUT2D eigenvalue weighted by atomic mass is 9.99. The molecule has 0 saturated carbocycles. The van der Waals surface area contributed by atoms with Crippen LogP contribution in [0.15, 0.2) is 24.4 Å². The summed E-state index contributed by atoms with van der Waals surface area (Å²) in [4.78, 5) is 8.59. The number of nitrogens with two attached hydrogens (primary N) is 1. The molecular weight excluding hydrogens is 266 g/mol. The highest BCUT2D eigenvalue weighted by molar-refractivity contribution is 5.40. The monoisotopic (exact) mass is 285 g/mol. The molecule has 0 spiro atoms. The fraction of sp³-hybridized carbons (Fsp3) is 0.375. The van der Waals surface area contributed by atoms with Gasteiger partial charge in [0.2, 0.25) is 11.8 Å². The van der Waals surface area contributed by atoms with E-state index in [0.29, 0.717) is 17.5 Å². The van der Waals surface area contributed by atoms with Gasteiger partial charge in [-0.15, -0.1) is 0 Å². The number of hydrogen-bond donors (Lipinski definition) is 1. The predicted molar refractivity (Wildman–Crippen MR) is 79.6 cm³/mol. The van der Waals surface area contributed by atoms with Gasteiger partial charge in [-0.05, 0) is 36.0 Å². The normalized spacial score (nSPS) is 14.6. The maximum absolute atomic E-state index is 6.35. The van der Waals surface area contributed by atoms with Crippen molar-refractivity contribution in [1.82, 2.24) is 9.97 Å². The second kappa shape index (κ2) is 5.69. The quantitative estimate of drug-likeness (QED) is 0.930. The van der Waals surface area contributed by atoms with Crippen molar-refractivity contribution < 1.29 is 9.47 Å². The summed E-state index contributed by atoms with van der Waals surface area (Å²) in [6.45, 7) is 0. The molecule has 0 fully saturated rings. The number of aromatic nitrogens is 2. The number of nitrogens with zero attached hydrogens (tertiary/aromatic N) is 2. The number of ether oxygens (including phenoxy) is 2. The Kier molecular flexibility index (Phi) is 3.75.